The molecule has 0 amide bonds. The zero-order valence-corrected chi connectivity index (χ0v) is 13.0. The summed E-state index contributed by atoms with van der Waals surface area (Å²) in [5.74, 6) is 3.04. The molecule has 0 N–H and O–H groups in total. The van der Waals surface area contributed by atoms with E-state index in [-0.39, 0.29) is 0 Å². The van der Waals surface area contributed by atoms with Gasteiger partial charge in [0.1, 0.15) is 5.82 Å². The molecule has 0 fully saturated rings. The smallest absolute Gasteiger partial charge is 0.163 e. The van der Waals surface area contributed by atoms with Crippen molar-refractivity contribution in [1.29, 1.82) is 0 Å². The molecule has 0 saturated heterocycles. The van der Waals surface area contributed by atoms with Crippen LogP contribution in [-0.2, 0) is 13.0 Å². The molecular weight excluding hydrogens is 276 g/mol. The van der Waals surface area contributed by atoms with E-state index in [1.807, 2.05) is 12.1 Å². The molecule has 0 radical (unpaired) electrons. The molecule has 0 bridgehead atoms. The summed E-state index contributed by atoms with van der Waals surface area (Å²) in [5.41, 5.74) is 2.01. The summed E-state index contributed by atoms with van der Waals surface area (Å²) in [6.07, 6.45) is 3.03. The van der Waals surface area contributed by atoms with E-state index >= 15 is 0 Å². The van der Waals surface area contributed by atoms with E-state index < -0.39 is 0 Å². The molecule has 0 spiro atoms. The zero-order chi connectivity index (χ0) is 14.5. The molecule has 0 atom stereocenters. The fourth-order valence-electron chi connectivity index (χ4n) is 2.34. The number of aromatic nitrogens is 2. The van der Waals surface area contributed by atoms with Crippen molar-refractivity contribution in [3.63, 3.8) is 0 Å². The molecule has 1 aromatic heterocycles. The molecule has 1 heterocycles. The van der Waals surface area contributed by atoms with Crippen LogP contribution in [0.15, 0.2) is 12.1 Å². The SMILES string of the molecule is CCCCn1c(CCCl)nc2cc(OC)c(OC)cc21. The fraction of sp³-hybridized carbons (Fsp3) is 0.533. The maximum absolute atomic E-state index is 5.88. The highest BCUT2D eigenvalue weighted by Gasteiger charge is 2.14. The number of methoxy groups -OCH3 is 2. The highest BCUT2D eigenvalue weighted by Crippen LogP contribution is 2.32. The van der Waals surface area contributed by atoms with Crippen molar-refractivity contribution in [2.75, 3.05) is 20.1 Å². The lowest BCUT2D eigenvalue weighted by molar-refractivity contribution is 0.355. The van der Waals surface area contributed by atoms with Crippen molar-refractivity contribution in [2.24, 2.45) is 0 Å². The quantitative estimate of drug-likeness (QED) is 0.732. The van der Waals surface area contributed by atoms with Crippen molar-refractivity contribution in [3.05, 3.63) is 18.0 Å². The summed E-state index contributed by atoms with van der Waals surface area (Å²) in [6.45, 7) is 3.14. The van der Waals surface area contributed by atoms with E-state index in [0.29, 0.717) is 11.6 Å². The van der Waals surface area contributed by atoms with Gasteiger partial charge in [-0.05, 0) is 6.42 Å². The van der Waals surface area contributed by atoms with E-state index in [2.05, 4.69) is 16.5 Å². The Hall–Kier alpha value is -1.42. The minimum Gasteiger partial charge on any atom is -0.493 e. The average Bonchev–Trinajstić information content (AvgIpc) is 2.80. The molecule has 0 saturated carbocycles. The maximum Gasteiger partial charge on any atom is 0.163 e. The van der Waals surface area contributed by atoms with Gasteiger partial charge >= 0.3 is 0 Å². The third kappa shape index (κ3) is 2.85. The number of fused-ring (bicyclic) bond motifs is 1. The van der Waals surface area contributed by atoms with Crippen molar-refractivity contribution < 1.29 is 9.47 Å². The van der Waals surface area contributed by atoms with Crippen LogP contribution in [0.3, 0.4) is 0 Å². The first-order chi connectivity index (χ1) is 9.74. The molecule has 5 heteroatoms. The topological polar surface area (TPSA) is 36.3 Å². The summed E-state index contributed by atoms with van der Waals surface area (Å²) in [5, 5.41) is 0. The Morgan fingerprint density at radius 1 is 1.20 bits per heavy atom. The van der Waals surface area contributed by atoms with Crippen LogP contribution in [0, 0.1) is 0 Å². The molecule has 2 rings (SSSR count). The number of benzene rings is 1. The Balaban J connectivity index is 2.55. The Labute approximate surface area is 124 Å². The predicted octanol–water partition coefficient (Wildman–Crippen LogP) is 3.63. The second kappa shape index (κ2) is 6.84. The molecule has 20 heavy (non-hydrogen) atoms. The third-order valence-electron chi connectivity index (χ3n) is 3.39. The summed E-state index contributed by atoms with van der Waals surface area (Å²) in [7, 11) is 3.29. The normalized spacial score (nSPS) is 11.0. The number of ether oxygens (including phenoxy) is 2. The Kier molecular flexibility index (Phi) is 5.12. The van der Waals surface area contributed by atoms with Crippen LogP contribution >= 0.6 is 11.6 Å². The summed E-state index contributed by atoms with van der Waals surface area (Å²) < 4.78 is 13.0. The number of nitrogens with zero attached hydrogens (tertiary/aromatic N) is 2. The highest BCUT2D eigenvalue weighted by molar-refractivity contribution is 6.17. The van der Waals surface area contributed by atoms with E-state index in [0.717, 1.165) is 48.4 Å². The number of imidazole rings is 1. The lowest BCUT2D eigenvalue weighted by Gasteiger charge is -2.10. The molecule has 0 aliphatic carbocycles. The van der Waals surface area contributed by atoms with Crippen molar-refractivity contribution in [3.8, 4) is 11.5 Å². The van der Waals surface area contributed by atoms with Gasteiger partial charge in [0, 0.05) is 31.0 Å². The number of hydrogen-bond acceptors (Lipinski definition) is 3. The molecule has 0 unspecified atom stereocenters. The largest absolute Gasteiger partial charge is 0.493 e. The van der Waals surface area contributed by atoms with Crippen LogP contribution in [-0.4, -0.2) is 29.7 Å². The van der Waals surface area contributed by atoms with Crippen molar-refractivity contribution >= 4 is 22.6 Å². The number of rotatable bonds is 7. The first-order valence-electron chi connectivity index (χ1n) is 6.92. The second-order valence-electron chi connectivity index (χ2n) is 4.67. The summed E-state index contributed by atoms with van der Waals surface area (Å²) in [4.78, 5) is 4.68. The first kappa shape index (κ1) is 15.0. The number of halogens is 1. The van der Waals surface area contributed by atoms with Crippen molar-refractivity contribution in [1.82, 2.24) is 9.55 Å². The molecule has 1 aromatic carbocycles. The van der Waals surface area contributed by atoms with Crippen LogP contribution in [0.25, 0.3) is 11.0 Å². The van der Waals surface area contributed by atoms with Gasteiger partial charge < -0.3 is 14.0 Å². The maximum atomic E-state index is 5.88. The Morgan fingerprint density at radius 3 is 2.50 bits per heavy atom. The number of hydrogen-bond donors (Lipinski definition) is 0. The summed E-state index contributed by atoms with van der Waals surface area (Å²) in [6, 6.07) is 3.92. The monoisotopic (exact) mass is 296 g/mol. The lowest BCUT2D eigenvalue weighted by Crippen LogP contribution is -2.04. The first-order valence-corrected chi connectivity index (χ1v) is 7.45. The lowest BCUT2D eigenvalue weighted by atomic mass is 10.2. The summed E-state index contributed by atoms with van der Waals surface area (Å²) >= 11 is 5.88. The number of alkyl halides is 1. The van der Waals surface area contributed by atoms with Gasteiger partial charge in [0.2, 0.25) is 0 Å². The van der Waals surface area contributed by atoms with Crippen LogP contribution in [0.5, 0.6) is 11.5 Å². The third-order valence-corrected chi connectivity index (χ3v) is 3.57. The van der Waals surface area contributed by atoms with Crippen LogP contribution < -0.4 is 9.47 Å². The van der Waals surface area contributed by atoms with Crippen LogP contribution in [0.1, 0.15) is 25.6 Å². The molecule has 2 aromatic rings. The van der Waals surface area contributed by atoms with E-state index in [1.165, 1.54) is 0 Å². The predicted molar refractivity (Wildman–Crippen MR) is 82.2 cm³/mol. The van der Waals surface area contributed by atoms with Gasteiger partial charge in [-0.15, -0.1) is 11.6 Å². The van der Waals surface area contributed by atoms with Gasteiger partial charge in [-0.2, -0.15) is 0 Å². The molecule has 4 nitrogen and oxygen atoms in total. The van der Waals surface area contributed by atoms with Gasteiger partial charge in [0.25, 0.3) is 0 Å². The Morgan fingerprint density at radius 2 is 1.90 bits per heavy atom. The highest BCUT2D eigenvalue weighted by atomic mass is 35.5. The van der Waals surface area contributed by atoms with E-state index in [4.69, 9.17) is 21.1 Å². The zero-order valence-electron chi connectivity index (χ0n) is 12.3. The van der Waals surface area contributed by atoms with Gasteiger partial charge in [-0.1, -0.05) is 13.3 Å². The minimum absolute atomic E-state index is 0.573. The van der Waals surface area contributed by atoms with Gasteiger partial charge in [0.05, 0.1) is 25.3 Å². The van der Waals surface area contributed by atoms with Gasteiger partial charge in [-0.3, -0.25) is 0 Å². The van der Waals surface area contributed by atoms with Crippen molar-refractivity contribution in [2.45, 2.75) is 32.7 Å². The second-order valence-corrected chi connectivity index (χ2v) is 5.05. The number of unbranched alkanes of at least 4 members (excludes halogenated alkanes) is 1. The van der Waals surface area contributed by atoms with Gasteiger partial charge in [0.15, 0.2) is 11.5 Å². The molecule has 0 aliphatic heterocycles. The molecule has 110 valence electrons. The van der Waals surface area contributed by atoms with Crippen LogP contribution in [0.2, 0.25) is 0 Å². The van der Waals surface area contributed by atoms with E-state index in [9.17, 15) is 0 Å². The Bertz CT molecular complexity index is 581. The van der Waals surface area contributed by atoms with Gasteiger partial charge in [-0.25, -0.2) is 4.98 Å². The average molecular weight is 297 g/mol. The minimum atomic E-state index is 0.573. The fourth-order valence-corrected chi connectivity index (χ4v) is 2.51. The standard InChI is InChI=1S/C15H21ClN2O2/c1-4-5-8-18-12-10-14(20-3)13(19-2)9-11(12)17-15(18)6-7-16/h9-10H,4-8H2,1-3H3. The molecular formula is C15H21ClN2O2. The van der Waals surface area contributed by atoms with Crippen LogP contribution in [0.4, 0.5) is 0 Å². The van der Waals surface area contributed by atoms with E-state index in [1.54, 1.807) is 14.2 Å². The molecule has 0 aliphatic rings. The number of aryl methyl sites for hydroxylation is 2.